The molecule has 3 N–H and O–H groups in total. The van der Waals surface area contributed by atoms with Crippen LogP contribution in [0.4, 0.5) is 5.69 Å². The first-order valence-electron chi connectivity index (χ1n) is 7.21. The normalized spacial score (nSPS) is 10.9. The van der Waals surface area contributed by atoms with Crippen molar-refractivity contribution in [3.8, 4) is 11.1 Å². The summed E-state index contributed by atoms with van der Waals surface area (Å²) in [6, 6.07) is 13.7. The number of anilines is 1. The monoisotopic (exact) mass is 327 g/mol. The molecule has 0 aliphatic carbocycles. The van der Waals surface area contributed by atoms with Crippen molar-refractivity contribution in [1.29, 1.82) is 0 Å². The molecule has 6 nitrogen and oxygen atoms in total. The van der Waals surface area contributed by atoms with E-state index < -0.39 is 17.4 Å². The lowest BCUT2D eigenvalue weighted by molar-refractivity contribution is -0.156. The lowest BCUT2D eigenvalue weighted by atomic mass is 9.81. The Hall–Kier alpha value is -3.15. The fourth-order valence-electron chi connectivity index (χ4n) is 2.36. The maximum Gasteiger partial charge on any atom is 0.325 e. The van der Waals surface area contributed by atoms with E-state index in [2.05, 4.69) is 5.32 Å². The molecule has 24 heavy (non-hydrogen) atoms. The molecule has 2 rings (SSSR count). The third-order valence-corrected chi connectivity index (χ3v) is 3.85. The van der Waals surface area contributed by atoms with Crippen LogP contribution in [0.2, 0.25) is 0 Å². The minimum Gasteiger partial charge on any atom is -0.480 e. The number of hydrogen-bond acceptors (Lipinski definition) is 3. The molecule has 0 aliphatic rings. The van der Waals surface area contributed by atoms with Gasteiger partial charge < -0.3 is 15.5 Å². The first-order valence-corrected chi connectivity index (χ1v) is 7.21. The first kappa shape index (κ1) is 17.2. The van der Waals surface area contributed by atoms with Crippen molar-refractivity contribution in [2.75, 3.05) is 5.32 Å². The topological polar surface area (TPSA) is 104 Å². The molecule has 0 aliphatic heterocycles. The lowest BCUT2D eigenvalue weighted by Crippen LogP contribution is -2.40. The second kappa shape index (κ2) is 6.54. The van der Waals surface area contributed by atoms with Crippen molar-refractivity contribution in [3.05, 3.63) is 54.1 Å². The molecule has 0 spiro atoms. The summed E-state index contributed by atoms with van der Waals surface area (Å²) < 4.78 is 0. The molecule has 0 atom stereocenters. The largest absolute Gasteiger partial charge is 0.480 e. The molecular weight excluding hydrogens is 310 g/mol. The average Bonchev–Trinajstić information content (AvgIpc) is 2.53. The molecule has 0 saturated heterocycles. The molecule has 1 amide bonds. The van der Waals surface area contributed by atoms with Gasteiger partial charge in [0, 0.05) is 18.2 Å². The highest BCUT2D eigenvalue weighted by molar-refractivity contribution is 6.05. The summed E-state index contributed by atoms with van der Waals surface area (Å²) in [5.41, 5.74) is -0.179. The van der Waals surface area contributed by atoms with Gasteiger partial charge in [-0.3, -0.25) is 14.4 Å². The van der Waals surface area contributed by atoms with Gasteiger partial charge in [0.1, 0.15) is 0 Å². The number of amides is 1. The van der Waals surface area contributed by atoms with Crippen LogP contribution in [0.5, 0.6) is 0 Å². The van der Waals surface area contributed by atoms with E-state index in [0.29, 0.717) is 11.3 Å². The van der Waals surface area contributed by atoms with Crippen molar-refractivity contribution in [1.82, 2.24) is 0 Å². The van der Waals surface area contributed by atoms with Crippen LogP contribution in [0.3, 0.4) is 0 Å². The summed E-state index contributed by atoms with van der Waals surface area (Å²) >= 11 is 0. The molecule has 0 saturated carbocycles. The number of aliphatic carboxylic acids is 2. The molecule has 0 radical (unpaired) electrons. The SMILES string of the molecule is CC(=O)Nc1cc(C(C)(C(=O)O)C(=O)O)ccc1-c1ccccc1. The zero-order valence-electron chi connectivity index (χ0n) is 13.2. The highest BCUT2D eigenvalue weighted by atomic mass is 16.4. The van der Waals surface area contributed by atoms with Gasteiger partial charge in [0.05, 0.1) is 0 Å². The number of carbonyl (C=O) groups excluding carboxylic acids is 1. The van der Waals surface area contributed by atoms with Crippen molar-refractivity contribution < 1.29 is 24.6 Å². The molecule has 0 heterocycles. The summed E-state index contributed by atoms with van der Waals surface area (Å²) in [4.78, 5) is 34.4. The fourth-order valence-corrected chi connectivity index (χ4v) is 2.36. The quantitative estimate of drug-likeness (QED) is 0.733. The summed E-state index contributed by atoms with van der Waals surface area (Å²) in [6.45, 7) is 2.45. The molecule has 6 heteroatoms. The Balaban J connectivity index is 2.65. The predicted octanol–water partition coefficient (Wildman–Crippen LogP) is 2.74. The Bertz CT molecular complexity index is 784. The van der Waals surface area contributed by atoms with Crippen LogP contribution >= 0.6 is 0 Å². The number of carboxylic acids is 2. The number of hydrogen-bond donors (Lipinski definition) is 3. The summed E-state index contributed by atoms with van der Waals surface area (Å²) in [6.07, 6.45) is 0. The Morgan fingerprint density at radius 1 is 0.958 bits per heavy atom. The van der Waals surface area contributed by atoms with Crippen LogP contribution in [0, 0.1) is 0 Å². The molecule has 0 unspecified atom stereocenters. The average molecular weight is 327 g/mol. The van der Waals surface area contributed by atoms with E-state index in [9.17, 15) is 24.6 Å². The lowest BCUT2D eigenvalue weighted by Gasteiger charge is -2.22. The van der Waals surface area contributed by atoms with Crippen LogP contribution in [0.25, 0.3) is 11.1 Å². The zero-order chi connectivity index (χ0) is 17.9. The van der Waals surface area contributed by atoms with Gasteiger partial charge in [0.25, 0.3) is 0 Å². The van der Waals surface area contributed by atoms with Crippen LogP contribution < -0.4 is 5.32 Å². The molecule has 2 aromatic carbocycles. The van der Waals surface area contributed by atoms with Gasteiger partial charge in [-0.2, -0.15) is 0 Å². The summed E-state index contributed by atoms with van der Waals surface area (Å²) in [5.74, 6) is -3.29. The Labute approximate surface area is 138 Å². The molecule has 0 fully saturated rings. The number of benzene rings is 2. The van der Waals surface area contributed by atoms with Crippen LogP contribution in [0.1, 0.15) is 19.4 Å². The highest BCUT2D eigenvalue weighted by Crippen LogP contribution is 2.34. The van der Waals surface area contributed by atoms with Crippen molar-refractivity contribution >= 4 is 23.5 Å². The first-order chi connectivity index (χ1) is 11.3. The second-order valence-corrected chi connectivity index (χ2v) is 5.54. The number of nitrogens with one attached hydrogen (secondary N) is 1. The Kier molecular flexibility index (Phi) is 4.69. The summed E-state index contributed by atoms with van der Waals surface area (Å²) in [5, 5.41) is 21.3. The van der Waals surface area contributed by atoms with Gasteiger partial charge in [-0.05, 0) is 24.1 Å². The van der Waals surface area contributed by atoms with E-state index in [0.717, 1.165) is 12.5 Å². The number of carbonyl (C=O) groups is 3. The van der Waals surface area contributed by atoms with Gasteiger partial charge in [0.2, 0.25) is 5.91 Å². The van der Waals surface area contributed by atoms with Gasteiger partial charge in [0.15, 0.2) is 5.41 Å². The van der Waals surface area contributed by atoms with E-state index in [4.69, 9.17) is 0 Å². The molecule has 0 bridgehead atoms. The third-order valence-electron chi connectivity index (χ3n) is 3.85. The second-order valence-electron chi connectivity index (χ2n) is 5.54. The van der Waals surface area contributed by atoms with Gasteiger partial charge in [-0.1, -0.05) is 42.5 Å². The van der Waals surface area contributed by atoms with Crippen LogP contribution in [0.15, 0.2) is 48.5 Å². The fraction of sp³-hybridized carbons (Fsp3) is 0.167. The van der Waals surface area contributed by atoms with Gasteiger partial charge >= 0.3 is 11.9 Å². The molecular formula is C18H17NO5. The maximum absolute atomic E-state index is 11.5. The molecule has 2 aromatic rings. The van der Waals surface area contributed by atoms with Gasteiger partial charge in [-0.15, -0.1) is 0 Å². The van der Waals surface area contributed by atoms with Crippen molar-refractivity contribution in [2.45, 2.75) is 19.3 Å². The maximum atomic E-state index is 11.5. The molecule has 0 aromatic heterocycles. The van der Waals surface area contributed by atoms with E-state index in [1.54, 1.807) is 6.07 Å². The minimum atomic E-state index is -2.11. The van der Waals surface area contributed by atoms with E-state index >= 15 is 0 Å². The van der Waals surface area contributed by atoms with Crippen molar-refractivity contribution in [3.63, 3.8) is 0 Å². The smallest absolute Gasteiger partial charge is 0.325 e. The van der Waals surface area contributed by atoms with Crippen LogP contribution in [-0.2, 0) is 19.8 Å². The van der Waals surface area contributed by atoms with Crippen molar-refractivity contribution in [2.24, 2.45) is 0 Å². The highest BCUT2D eigenvalue weighted by Gasteiger charge is 2.43. The van der Waals surface area contributed by atoms with E-state index in [-0.39, 0.29) is 11.5 Å². The van der Waals surface area contributed by atoms with E-state index in [1.807, 2.05) is 30.3 Å². The third kappa shape index (κ3) is 3.12. The minimum absolute atomic E-state index is 0.0749. The number of rotatable bonds is 5. The van der Waals surface area contributed by atoms with Gasteiger partial charge in [-0.25, -0.2) is 0 Å². The number of carboxylic acid groups (broad SMARTS) is 2. The predicted molar refractivity (Wildman–Crippen MR) is 88.8 cm³/mol. The molecule has 124 valence electrons. The summed E-state index contributed by atoms with van der Waals surface area (Å²) in [7, 11) is 0. The Morgan fingerprint density at radius 2 is 1.54 bits per heavy atom. The Morgan fingerprint density at radius 3 is 2.04 bits per heavy atom. The van der Waals surface area contributed by atoms with Crippen LogP contribution in [-0.4, -0.2) is 28.1 Å². The zero-order valence-corrected chi connectivity index (χ0v) is 13.2. The standard InChI is InChI=1S/C18H17NO5/c1-11(20)19-15-10-13(18(2,16(21)22)17(23)24)8-9-14(15)12-6-4-3-5-7-12/h3-10H,1-2H3,(H,19,20)(H,21,22)(H,23,24). The van der Waals surface area contributed by atoms with E-state index in [1.165, 1.54) is 19.1 Å².